The second-order valence-corrected chi connectivity index (χ2v) is 8.76. The molecule has 2 heterocycles. The highest BCUT2D eigenvalue weighted by molar-refractivity contribution is 6.01. The van der Waals surface area contributed by atoms with E-state index >= 15 is 0 Å². The number of nitrogens with zero attached hydrogens (tertiary/aromatic N) is 1. The molecule has 0 amide bonds. The first-order valence-corrected chi connectivity index (χ1v) is 11.2. The Labute approximate surface area is 177 Å². The van der Waals surface area contributed by atoms with E-state index in [9.17, 15) is 0 Å². The van der Waals surface area contributed by atoms with Gasteiger partial charge in [-0.1, -0.05) is 42.5 Å². The third-order valence-electron chi connectivity index (χ3n) is 6.84. The number of benzene rings is 4. The van der Waals surface area contributed by atoms with E-state index in [1.54, 1.807) is 0 Å². The fourth-order valence-corrected chi connectivity index (χ4v) is 5.48. The van der Waals surface area contributed by atoms with Crippen molar-refractivity contribution in [3.8, 4) is 0 Å². The van der Waals surface area contributed by atoms with E-state index in [1.807, 2.05) is 0 Å². The molecule has 2 heteroatoms. The minimum atomic E-state index is 1.07. The van der Waals surface area contributed by atoms with Crippen LogP contribution in [0.25, 0.3) is 27.6 Å². The van der Waals surface area contributed by atoms with E-state index in [-0.39, 0.29) is 0 Å². The second-order valence-electron chi connectivity index (χ2n) is 8.76. The molecule has 0 spiro atoms. The van der Waals surface area contributed by atoms with E-state index in [1.165, 1.54) is 73.8 Å². The Kier molecular flexibility index (Phi) is 4.12. The number of rotatable bonds is 1. The molecule has 4 aromatic rings. The molecule has 30 heavy (non-hydrogen) atoms. The molecule has 148 valence electrons. The average molecular weight is 392 g/mol. The van der Waals surface area contributed by atoms with Crippen LogP contribution in [-0.2, 0) is 12.8 Å². The number of nitrogens with one attached hydrogen (secondary N) is 1. The Balaban J connectivity index is 1.71. The van der Waals surface area contributed by atoms with Crippen LogP contribution in [0.2, 0.25) is 0 Å². The van der Waals surface area contributed by atoms with E-state index in [0.29, 0.717) is 0 Å². The van der Waals surface area contributed by atoms with Crippen molar-refractivity contribution in [2.45, 2.75) is 25.7 Å². The van der Waals surface area contributed by atoms with Crippen molar-refractivity contribution in [3.63, 3.8) is 0 Å². The van der Waals surface area contributed by atoms with Crippen LogP contribution in [0.5, 0.6) is 0 Å². The van der Waals surface area contributed by atoms with Gasteiger partial charge < -0.3 is 5.32 Å². The van der Waals surface area contributed by atoms with E-state index in [2.05, 4.69) is 83.7 Å². The summed E-state index contributed by atoms with van der Waals surface area (Å²) in [5.74, 6) is 0. The number of fused-ring (bicyclic) bond motifs is 6. The van der Waals surface area contributed by atoms with Crippen molar-refractivity contribution in [3.05, 3.63) is 87.9 Å². The Bertz CT molecular complexity index is 1430. The highest BCUT2D eigenvalue weighted by Gasteiger charge is 2.17. The lowest BCUT2D eigenvalue weighted by molar-refractivity contribution is 0.592. The molecule has 0 bridgehead atoms. The fraction of sp³-hybridized carbons (Fsp3) is 0.250. The van der Waals surface area contributed by atoms with Crippen LogP contribution < -0.4 is 20.5 Å². The SMILES string of the molecule is C[N+]1=c2c(c/c(=C\c3cc4c(c5ccccc35)NCCC4)c3ccccc23)CCC1. The van der Waals surface area contributed by atoms with Crippen LogP contribution in [0, 0.1) is 0 Å². The third-order valence-corrected chi connectivity index (χ3v) is 6.84. The van der Waals surface area contributed by atoms with E-state index in [4.69, 9.17) is 0 Å². The largest absolute Gasteiger partial charge is 0.384 e. The molecular weight excluding hydrogens is 364 g/mol. The van der Waals surface area contributed by atoms with Gasteiger partial charge in [0.25, 0.3) is 0 Å². The van der Waals surface area contributed by atoms with Gasteiger partial charge >= 0.3 is 0 Å². The predicted octanol–water partition coefficient (Wildman–Crippen LogP) is 4.25. The van der Waals surface area contributed by atoms with Gasteiger partial charge in [-0.3, -0.25) is 0 Å². The fourth-order valence-electron chi connectivity index (χ4n) is 5.48. The molecule has 6 rings (SSSR count). The van der Waals surface area contributed by atoms with Crippen molar-refractivity contribution in [1.29, 1.82) is 0 Å². The Hall–Kier alpha value is -3.13. The monoisotopic (exact) mass is 391 g/mol. The molecule has 0 aromatic heterocycles. The molecule has 2 aliphatic heterocycles. The highest BCUT2D eigenvalue weighted by Crippen LogP contribution is 2.34. The maximum Gasteiger partial charge on any atom is 0.210 e. The topological polar surface area (TPSA) is 15.0 Å². The van der Waals surface area contributed by atoms with E-state index in [0.717, 1.165) is 19.5 Å². The summed E-state index contributed by atoms with van der Waals surface area (Å²) in [5, 5.41) is 11.8. The lowest BCUT2D eigenvalue weighted by Crippen LogP contribution is -2.36. The first-order chi connectivity index (χ1) is 14.8. The van der Waals surface area contributed by atoms with Gasteiger partial charge in [-0.25, -0.2) is 4.58 Å². The summed E-state index contributed by atoms with van der Waals surface area (Å²) in [4.78, 5) is 0. The van der Waals surface area contributed by atoms with E-state index < -0.39 is 0 Å². The van der Waals surface area contributed by atoms with Crippen LogP contribution in [-0.4, -0.2) is 20.1 Å². The van der Waals surface area contributed by atoms with Gasteiger partial charge in [0.2, 0.25) is 5.36 Å². The summed E-state index contributed by atoms with van der Waals surface area (Å²) in [7, 11) is 2.23. The quantitative estimate of drug-likeness (QED) is 0.480. The van der Waals surface area contributed by atoms with Gasteiger partial charge in [0, 0.05) is 29.6 Å². The highest BCUT2D eigenvalue weighted by atomic mass is 15.0. The van der Waals surface area contributed by atoms with Crippen LogP contribution in [0.15, 0.2) is 60.7 Å². The first-order valence-electron chi connectivity index (χ1n) is 11.2. The second kappa shape index (κ2) is 6.98. The third kappa shape index (κ3) is 2.74. The molecule has 4 aromatic carbocycles. The zero-order valence-electron chi connectivity index (χ0n) is 17.5. The lowest BCUT2D eigenvalue weighted by Gasteiger charge is -2.21. The van der Waals surface area contributed by atoms with Gasteiger partial charge in [-0.05, 0) is 70.7 Å². The predicted molar refractivity (Wildman–Crippen MR) is 128 cm³/mol. The Morgan fingerprint density at radius 1 is 0.800 bits per heavy atom. The standard InChI is InChI=1S/C28H26N2/c1-30-15-7-9-20-17-22(24-11-3-5-13-26(24)28(20)30)18-21-16-19-8-6-14-29-27(19)25-12-4-2-10-23(21)25/h2-5,10-13,16-18H,6-9,14-15H2,1H3/p+1. The van der Waals surface area contributed by atoms with Gasteiger partial charge in [0.05, 0.1) is 5.39 Å². The smallest absolute Gasteiger partial charge is 0.210 e. The molecule has 1 N–H and O–H groups in total. The summed E-state index contributed by atoms with van der Waals surface area (Å²) < 4.78 is 2.44. The van der Waals surface area contributed by atoms with Crippen molar-refractivity contribution >= 4 is 33.3 Å². The molecule has 0 atom stereocenters. The number of anilines is 1. The molecule has 0 fully saturated rings. The van der Waals surface area contributed by atoms with Crippen LogP contribution >= 0.6 is 0 Å². The minimum Gasteiger partial charge on any atom is -0.384 e. The van der Waals surface area contributed by atoms with Gasteiger partial charge in [0.15, 0.2) is 0 Å². The molecule has 0 unspecified atom stereocenters. The summed E-state index contributed by atoms with van der Waals surface area (Å²) in [6, 6.07) is 22.6. The number of aryl methyl sites for hydroxylation is 2. The zero-order valence-corrected chi connectivity index (χ0v) is 17.5. The normalized spacial score (nSPS) is 16.4. The molecule has 2 aliphatic rings. The molecule has 0 aliphatic carbocycles. The van der Waals surface area contributed by atoms with Crippen LogP contribution in [0.3, 0.4) is 0 Å². The minimum absolute atomic E-state index is 1.07. The van der Waals surface area contributed by atoms with Gasteiger partial charge in [0.1, 0.15) is 13.6 Å². The van der Waals surface area contributed by atoms with Crippen molar-refractivity contribution in [2.24, 2.45) is 0 Å². The van der Waals surface area contributed by atoms with Crippen molar-refractivity contribution in [2.75, 3.05) is 25.5 Å². The summed E-state index contributed by atoms with van der Waals surface area (Å²) in [5.41, 5.74) is 5.61. The van der Waals surface area contributed by atoms with Crippen LogP contribution in [0.4, 0.5) is 5.69 Å². The van der Waals surface area contributed by atoms with Gasteiger partial charge in [-0.15, -0.1) is 0 Å². The molecule has 0 saturated heterocycles. The summed E-state index contributed by atoms with van der Waals surface area (Å²) >= 11 is 0. The molecule has 2 nitrogen and oxygen atoms in total. The molecular formula is C28H27N2+. The van der Waals surface area contributed by atoms with Crippen molar-refractivity contribution in [1.82, 2.24) is 4.58 Å². The van der Waals surface area contributed by atoms with Gasteiger partial charge in [-0.2, -0.15) is 0 Å². The Morgan fingerprint density at radius 2 is 1.53 bits per heavy atom. The average Bonchev–Trinajstić information content (AvgIpc) is 2.79. The number of hydrogen-bond donors (Lipinski definition) is 1. The maximum atomic E-state index is 3.65. The van der Waals surface area contributed by atoms with Crippen LogP contribution in [0.1, 0.15) is 29.5 Å². The summed E-state index contributed by atoms with van der Waals surface area (Å²) in [6.07, 6.45) is 7.19. The zero-order chi connectivity index (χ0) is 20.1. The Morgan fingerprint density at radius 3 is 2.40 bits per heavy atom. The number of hydrogen-bond acceptors (Lipinski definition) is 1. The van der Waals surface area contributed by atoms with Crippen molar-refractivity contribution < 1.29 is 0 Å². The summed E-state index contributed by atoms with van der Waals surface area (Å²) in [6.45, 7) is 2.21. The maximum absolute atomic E-state index is 3.65. The molecule has 0 radical (unpaired) electrons. The molecule has 0 saturated carbocycles. The lowest BCUT2D eigenvalue weighted by atomic mass is 9.92. The first kappa shape index (κ1) is 17.7.